The highest BCUT2D eigenvalue weighted by atomic mass is 16.5. The van der Waals surface area contributed by atoms with Gasteiger partial charge in [0.15, 0.2) is 5.96 Å². The topological polar surface area (TPSA) is 89.6 Å². The van der Waals surface area contributed by atoms with Crippen molar-refractivity contribution in [1.29, 1.82) is 0 Å². The molecule has 108 valence electrons. The number of rotatable bonds is 2. The molecule has 1 heterocycles. The summed E-state index contributed by atoms with van der Waals surface area (Å²) in [6, 6.07) is 0. The van der Waals surface area contributed by atoms with E-state index >= 15 is 0 Å². The number of aliphatic imine (C=N–C) groups is 1. The van der Waals surface area contributed by atoms with Crippen LogP contribution in [0.1, 0.15) is 40.9 Å². The number of hydrogen-bond acceptors (Lipinski definition) is 4. The van der Waals surface area contributed by atoms with Gasteiger partial charge in [-0.3, -0.25) is 20.1 Å². The summed E-state index contributed by atoms with van der Waals surface area (Å²) in [5.41, 5.74) is 8.01. The third-order valence-corrected chi connectivity index (χ3v) is 3.49. The van der Waals surface area contributed by atoms with E-state index in [-0.39, 0.29) is 11.9 Å². The van der Waals surface area contributed by atoms with Crippen molar-refractivity contribution < 1.29 is 9.53 Å². The van der Waals surface area contributed by atoms with Crippen molar-refractivity contribution >= 4 is 11.9 Å². The Morgan fingerprint density at radius 1 is 1.40 bits per heavy atom. The first-order valence-corrected chi connectivity index (χ1v) is 6.75. The minimum absolute atomic E-state index is 0.0759. The highest BCUT2D eigenvalue weighted by Gasteiger charge is 2.21. The first-order valence-electron chi connectivity index (χ1n) is 6.75. The molecule has 1 aliphatic carbocycles. The number of nitrogens with one attached hydrogen (secondary N) is 1. The van der Waals surface area contributed by atoms with Gasteiger partial charge in [-0.1, -0.05) is 6.42 Å². The molecule has 3 N–H and O–H groups in total. The van der Waals surface area contributed by atoms with Crippen LogP contribution < -0.4 is 15.8 Å². The number of fused-ring (bicyclic) bond motifs is 1. The smallest absolute Gasteiger partial charge is 0.263 e. The molecule has 6 nitrogen and oxygen atoms in total. The number of carbonyl (C=O) groups is 1. The normalized spacial score (nSPS) is 15.2. The minimum atomic E-state index is -0.343. The molecule has 0 radical (unpaired) electrons. The molecule has 0 saturated heterocycles. The van der Waals surface area contributed by atoms with E-state index in [1.807, 2.05) is 0 Å². The molecule has 1 aliphatic rings. The molecule has 0 atom stereocenters. The summed E-state index contributed by atoms with van der Waals surface area (Å²) < 4.78 is 5.45. The van der Waals surface area contributed by atoms with Crippen LogP contribution >= 0.6 is 0 Å². The lowest BCUT2D eigenvalue weighted by molar-refractivity contribution is 0.0973. The summed E-state index contributed by atoms with van der Waals surface area (Å²) in [6.45, 7) is 0. The van der Waals surface area contributed by atoms with Crippen molar-refractivity contribution in [2.45, 2.75) is 32.1 Å². The predicted molar refractivity (Wildman–Crippen MR) is 77.1 cm³/mol. The van der Waals surface area contributed by atoms with Crippen molar-refractivity contribution in [2.24, 2.45) is 10.7 Å². The maximum atomic E-state index is 12.2. The summed E-state index contributed by atoms with van der Waals surface area (Å²) in [5, 5.41) is 2.51. The van der Waals surface area contributed by atoms with E-state index in [0.717, 1.165) is 36.9 Å². The maximum absolute atomic E-state index is 12.2. The third kappa shape index (κ3) is 2.89. The van der Waals surface area contributed by atoms with Gasteiger partial charge in [-0.05, 0) is 25.7 Å². The number of ether oxygens (including phenoxy) is 1. The second-order valence-electron chi connectivity index (χ2n) is 4.75. The number of aryl methyl sites for hydroxylation is 1. The van der Waals surface area contributed by atoms with E-state index in [4.69, 9.17) is 10.5 Å². The van der Waals surface area contributed by atoms with Gasteiger partial charge in [-0.15, -0.1) is 0 Å². The molecule has 0 aromatic carbocycles. The van der Waals surface area contributed by atoms with Crippen LogP contribution in [-0.4, -0.2) is 31.0 Å². The Balaban J connectivity index is 2.39. The van der Waals surface area contributed by atoms with Crippen LogP contribution in [0, 0.1) is 0 Å². The van der Waals surface area contributed by atoms with Gasteiger partial charge in [0, 0.05) is 24.5 Å². The van der Waals surface area contributed by atoms with Crippen molar-refractivity contribution in [3.8, 4) is 5.75 Å². The van der Waals surface area contributed by atoms with Crippen molar-refractivity contribution in [3.05, 3.63) is 23.0 Å². The van der Waals surface area contributed by atoms with Crippen LogP contribution in [0.2, 0.25) is 0 Å². The lowest BCUT2D eigenvalue weighted by Crippen LogP contribution is -2.37. The van der Waals surface area contributed by atoms with E-state index in [1.165, 1.54) is 13.5 Å². The second-order valence-corrected chi connectivity index (χ2v) is 4.75. The van der Waals surface area contributed by atoms with Crippen LogP contribution in [0.5, 0.6) is 5.75 Å². The van der Waals surface area contributed by atoms with Crippen molar-refractivity contribution in [3.63, 3.8) is 0 Å². The summed E-state index contributed by atoms with van der Waals surface area (Å²) in [7, 11) is 3.09. The van der Waals surface area contributed by atoms with Crippen LogP contribution in [0.3, 0.4) is 0 Å². The van der Waals surface area contributed by atoms with E-state index in [9.17, 15) is 4.79 Å². The standard InChI is InChI=1S/C14H20N4O2/c1-16-14(15)18-13(19)10-8-17-11-7-5-3-4-6-9(11)12(10)20-2/h8H,3-7H2,1-2H3,(H3,15,16,18,19). The zero-order chi connectivity index (χ0) is 14.5. The Labute approximate surface area is 118 Å². The number of guanidine groups is 1. The monoisotopic (exact) mass is 276 g/mol. The highest BCUT2D eigenvalue weighted by molar-refractivity contribution is 6.06. The fourth-order valence-corrected chi connectivity index (χ4v) is 2.45. The van der Waals surface area contributed by atoms with E-state index < -0.39 is 0 Å². The summed E-state index contributed by atoms with van der Waals surface area (Å²) in [6.07, 6.45) is 6.78. The van der Waals surface area contributed by atoms with Gasteiger partial charge in [-0.2, -0.15) is 0 Å². The Bertz CT molecular complexity index is 540. The fourth-order valence-electron chi connectivity index (χ4n) is 2.45. The van der Waals surface area contributed by atoms with Crippen LogP contribution in [-0.2, 0) is 12.8 Å². The Morgan fingerprint density at radius 3 is 2.85 bits per heavy atom. The van der Waals surface area contributed by atoms with E-state index in [2.05, 4.69) is 15.3 Å². The Hall–Kier alpha value is -2.11. The van der Waals surface area contributed by atoms with Gasteiger partial charge in [0.2, 0.25) is 0 Å². The minimum Gasteiger partial charge on any atom is -0.496 e. The van der Waals surface area contributed by atoms with Crippen molar-refractivity contribution in [1.82, 2.24) is 10.3 Å². The lowest BCUT2D eigenvalue weighted by Gasteiger charge is -2.14. The maximum Gasteiger partial charge on any atom is 0.263 e. The molecule has 2 rings (SSSR count). The molecule has 6 heteroatoms. The number of methoxy groups -OCH3 is 1. The number of amides is 1. The van der Waals surface area contributed by atoms with Gasteiger partial charge in [-0.25, -0.2) is 0 Å². The van der Waals surface area contributed by atoms with Gasteiger partial charge in [0.05, 0.1) is 7.11 Å². The van der Waals surface area contributed by atoms with Gasteiger partial charge in [0.25, 0.3) is 5.91 Å². The van der Waals surface area contributed by atoms with E-state index in [0.29, 0.717) is 11.3 Å². The molecule has 20 heavy (non-hydrogen) atoms. The summed E-state index contributed by atoms with van der Waals surface area (Å²) in [4.78, 5) is 20.3. The average Bonchev–Trinajstić information content (AvgIpc) is 2.70. The van der Waals surface area contributed by atoms with Crippen molar-refractivity contribution in [2.75, 3.05) is 14.2 Å². The molecule has 1 aromatic heterocycles. The largest absolute Gasteiger partial charge is 0.496 e. The number of pyridine rings is 1. The van der Waals surface area contributed by atoms with Crippen LogP contribution in [0.25, 0.3) is 0 Å². The first-order chi connectivity index (χ1) is 9.67. The average molecular weight is 276 g/mol. The van der Waals surface area contributed by atoms with Crippen LogP contribution in [0.15, 0.2) is 11.2 Å². The molecule has 0 aliphatic heterocycles. The molecule has 1 amide bonds. The van der Waals surface area contributed by atoms with Gasteiger partial charge < -0.3 is 10.5 Å². The zero-order valence-electron chi connectivity index (χ0n) is 11.9. The SMILES string of the molecule is CN=C(N)NC(=O)c1cnc2c(c1OC)CCCCC2. The molecular formula is C14H20N4O2. The number of nitrogens with two attached hydrogens (primary N) is 1. The Morgan fingerprint density at radius 2 is 2.15 bits per heavy atom. The molecule has 0 fully saturated rings. The zero-order valence-corrected chi connectivity index (χ0v) is 11.9. The molecular weight excluding hydrogens is 256 g/mol. The number of aromatic nitrogens is 1. The van der Waals surface area contributed by atoms with Gasteiger partial charge >= 0.3 is 0 Å². The quantitative estimate of drug-likeness (QED) is 0.479. The van der Waals surface area contributed by atoms with Crippen LogP contribution in [0.4, 0.5) is 0 Å². The number of nitrogens with zero attached hydrogens (tertiary/aromatic N) is 2. The molecule has 0 saturated carbocycles. The lowest BCUT2D eigenvalue weighted by atomic mass is 10.0. The predicted octanol–water partition coefficient (Wildman–Crippen LogP) is 1.03. The summed E-state index contributed by atoms with van der Waals surface area (Å²) in [5.74, 6) is 0.342. The highest BCUT2D eigenvalue weighted by Crippen LogP contribution is 2.30. The molecule has 0 unspecified atom stereocenters. The Kier molecular flexibility index (Phi) is 4.55. The first kappa shape index (κ1) is 14.3. The number of carbonyl (C=O) groups excluding carboxylic acids is 1. The molecule has 1 aromatic rings. The second kappa shape index (κ2) is 6.36. The third-order valence-electron chi connectivity index (χ3n) is 3.49. The van der Waals surface area contributed by atoms with E-state index in [1.54, 1.807) is 13.3 Å². The molecule has 0 bridgehead atoms. The summed E-state index contributed by atoms with van der Waals surface area (Å²) >= 11 is 0. The fraction of sp³-hybridized carbons (Fsp3) is 0.500. The molecule has 0 spiro atoms. The van der Waals surface area contributed by atoms with Gasteiger partial charge in [0.1, 0.15) is 11.3 Å². The number of hydrogen-bond donors (Lipinski definition) is 2.